The summed E-state index contributed by atoms with van der Waals surface area (Å²) in [6.45, 7) is 1.76. The first-order chi connectivity index (χ1) is 11.1. The quantitative estimate of drug-likeness (QED) is 0.928. The van der Waals surface area contributed by atoms with Crippen molar-refractivity contribution < 1.29 is 13.9 Å². The molecule has 1 unspecified atom stereocenters. The molecule has 23 heavy (non-hydrogen) atoms. The molecular formula is C16H19FN4O2. The summed E-state index contributed by atoms with van der Waals surface area (Å²) in [5.41, 5.74) is 0.0481. The molecule has 6 nitrogen and oxygen atoms in total. The number of imidazole rings is 1. The second-order valence-corrected chi connectivity index (χ2v) is 5.46. The SMILES string of the molecule is COc1ccc(C(=O)N2CCNCC2c2nccn2C)c(F)c1. The van der Waals surface area contributed by atoms with Crippen LogP contribution in [0.4, 0.5) is 4.39 Å². The smallest absolute Gasteiger partial charge is 0.257 e. The molecule has 1 saturated heterocycles. The topological polar surface area (TPSA) is 59.4 Å². The van der Waals surface area contributed by atoms with Crippen LogP contribution in [-0.4, -0.2) is 47.1 Å². The van der Waals surface area contributed by atoms with Gasteiger partial charge in [-0.15, -0.1) is 0 Å². The van der Waals surface area contributed by atoms with Gasteiger partial charge >= 0.3 is 0 Å². The molecule has 1 aromatic carbocycles. The molecule has 0 saturated carbocycles. The minimum absolute atomic E-state index is 0.0481. The van der Waals surface area contributed by atoms with Crippen molar-refractivity contribution in [1.82, 2.24) is 19.8 Å². The zero-order chi connectivity index (χ0) is 16.4. The maximum absolute atomic E-state index is 14.2. The van der Waals surface area contributed by atoms with E-state index in [1.54, 1.807) is 17.2 Å². The monoisotopic (exact) mass is 318 g/mol. The number of rotatable bonds is 3. The van der Waals surface area contributed by atoms with Crippen LogP contribution in [0.15, 0.2) is 30.6 Å². The maximum atomic E-state index is 14.2. The van der Waals surface area contributed by atoms with Crippen LogP contribution in [0.5, 0.6) is 5.75 Å². The minimum Gasteiger partial charge on any atom is -0.497 e. The predicted molar refractivity (Wildman–Crippen MR) is 82.8 cm³/mol. The molecule has 3 rings (SSSR count). The average molecular weight is 318 g/mol. The zero-order valence-corrected chi connectivity index (χ0v) is 13.1. The summed E-state index contributed by atoms with van der Waals surface area (Å²) in [5, 5.41) is 3.26. The molecule has 2 aromatic rings. The number of aryl methyl sites for hydroxylation is 1. The number of aromatic nitrogens is 2. The molecular weight excluding hydrogens is 299 g/mol. The van der Waals surface area contributed by atoms with Crippen LogP contribution in [0.2, 0.25) is 0 Å². The van der Waals surface area contributed by atoms with E-state index in [2.05, 4.69) is 10.3 Å². The Morgan fingerprint density at radius 3 is 2.96 bits per heavy atom. The Hall–Kier alpha value is -2.41. The number of methoxy groups -OCH3 is 1. The standard InChI is InChI=1S/C16H19FN4O2/c1-20-7-6-19-15(20)14-10-18-5-8-21(14)16(22)12-4-3-11(23-2)9-13(12)17/h3-4,6-7,9,14,18H,5,8,10H2,1-2H3. The third-order valence-corrected chi connectivity index (χ3v) is 4.07. The first-order valence-corrected chi connectivity index (χ1v) is 7.44. The fourth-order valence-corrected chi connectivity index (χ4v) is 2.83. The first-order valence-electron chi connectivity index (χ1n) is 7.44. The molecule has 1 amide bonds. The number of nitrogens with one attached hydrogen (secondary N) is 1. The lowest BCUT2D eigenvalue weighted by Crippen LogP contribution is -2.49. The van der Waals surface area contributed by atoms with Crippen molar-refractivity contribution in [2.75, 3.05) is 26.7 Å². The number of hydrogen-bond donors (Lipinski definition) is 1. The minimum atomic E-state index is -0.577. The molecule has 0 radical (unpaired) electrons. The second kappa shape index (κ2) is 6.37. The molecule has 7 heteroatoms. The van der Waals surface area contributed by atoms with E-state index in [0.717, 1.165) is 5.82 Å². The molecule has 1 aromatic heterocycles. The van der Waals surface area contributed by atoms with Gasteiger partial charge in [-0.2, -0.15) is 0 Å². The summed E-state index contributed by atoms with van der Waals surface area (Å²) >= 11 is 0. The van der Waals surface area contributed by atoms with E-state index in [-0.39, 0.29) is 17.5 Å². The highest BCUT2D eigenvalue weighted by molar-refractivity contribution is 5.95. The summed E-state index contributed by atoms with van der Waals surface area (Å²) in [4.78, 5) is 18.8. The molecule has 1 fully saturated rings. The van der Waals surface area contributed by atoms with Gasteiger partial charge in [-0.3, -0.25) is 4.79 Å². The van der Waals surface area contributed by atoms with E-state index in [1.165, 1.54) is 19.2 Å². The first kappa shape index (κ1) is 15.5. The highest BCUT2D eigenvalue weighted by Gasteiger charge is 2.32. The molecule has 2 heterocycles. The predicted octanol–water partition coefficient (Wildman–Crippen LogP) is 1.35. The highest BCUT2D eigenvalue weighted by atomic mass is 19.1. The van der Waals surface area contributed by atoms with Gasteiger partial charge in [0.05, 0.1) is 12.7 Å². The van der Waals surface area contributed by atoms with Crippen LogP contribution in [0.3, 0.4) is 0 Å². The van der Waals surface area contributed by atoms with E-state index in [4.69, 9.17) is 4.74 Å². The Morgan fingerprint density at radius 2 is 2.30 bits per heavy atom. The van der Waals surface area contributed by atoms with Crippen molar-refractivity contribution in [3.8, 4) is 5.75 Å². The van der Waals surface area contributed by atoms with Gasteiger partial charge in [-0.25, -0.2) is 9.37 Å². The Morgan fingerprint density at radius 1 is 1.48 bits per heavy atom. The average Bonchev–Trinajstić information content (AvgIpc) is 3.00. The Kier molecular flexibility index (Phi) is 4.29. The largest absolute Gasteiger partial charge is 0.497 e. The van der Waals surface area contributed by atoms with Crippen molar-refractivity contribution in [3.63, 3.8) is 0 Å². The van der Waals surface area contributed by atoms with Crippen LogP contribution in [0.1, 0.15) is 22.2 Å². The van der Waals surface area contributed by atoms with Gasteiger partial charge in [0.1, 0.15) is 23.4 Å². The summed E-state index contributed by atoms with van der Waals surface area (Å²) in [7, 11) is 3.34. The number of nitrogens with zero attached hydrogens (tertiary/aromatic N) is 3. The molecule has 1 atom stereocenters. The lowest BCUT2D eigenvalue weighted by Gasteiger charge is -2.35. The van der Waals surface area contributed by atoms with Crippen molar-refractivity contribution in [2.45, 2.75) is 6.04 Å². The van der Waals surface area contributed by atoms with Crippen LogP contribution in [0, 0.1) is 5.82 Å². The van der Waals surface area contributed by atoms with Crippen molar-refractivity contribution in [2.24, 2.45) is 7.05 Å². The molecule has 0 bridgehead atoms. The molecule has 0 aliphatic carbocycles. The Bertz CT molecular complexity index is 716. The molecule has 1 N–H and O–H groups in total. The Labute approximate surface area is 133 Å². The summed E-state index contributed by atoms with van der Waals surface area (Å²) in [5.74, 6) is 0.255. The van der Waals surface area contributed by atoms with Gasteiger partial charge in [-0.1, -0.05) is 0 Å². The van der Waals surface area contributed by atoms with Crippen molar-refractivity contribution >= 4 is 5.91 Å². The van der Waals surface area contributed by atoms with Crippen LogP contribution < -0.4 is 10.1 Å². The molecule has 1 aliphatic heterocycles. The van der Waals surface area contributed by atoms with E-state index < -0.39 is 5.82 Å². The van der Waals surface area contributed by atoms with E-state index in [0.29, 0.717) is 25.4 Å². The number of carbonyl (C=O) groups is 1. The number of halogens is 1. The maximum Gasteiger partial charge on any atom is 0.257 e. The highest BCUT2D eigenvalue weighted by Crippen LogP contribution is 2.25. The number of piperazine rings is 1. The van der Waals surface area contributed by atoms with Gasteiger partial charge in [0.15, 0.2) is 0 Å². The fourth-order valence-electron chi connectivity index (χ4n) is 2.83. The van der Waals surface area contributed by atoms with Crippen molar-refractivity contribution in [3.05, 3.63) is 47.8 Å². The van der Waals surface area contributed by atoms with Crippen LogP contribution in [0.25, 0.3) is 0 Å². The number of hydrogen-bond acceptors (Lipinski definition) is 4. The van der Waals surface area contributed by atoms with Crippen LogP contribution in [-0.2, 0) is 7.05 Å². The fraction of sp³-hybridized carbons (Fsp3) is 0.375. The van der Waals surface area contributed by atoms with Gasteiger partial charge in [0.2, 0.25) is 0 Å². The van der Waals surface area contributed by atoms with Gasteiger partial charge in [0, 0.05) is 45.1 Å². The zero-order valence-electron chi connectivity index (χ0n) is 13.1. The van der Waals surface area contributed by atoms with Gasteiger partial charge < -0.3 is 19.5 Å². The number of benzene rings is 1. The van der Waals surface area contributed by atoms with E-state index >= 15 is 0 Å². The second-order valence-electron chi connectivity index (χ2n) is 5.46. The van der Waals surface area contributed by atoms with Crippen LogP contribution >= 0.6 is 0 Å². The number of ether oxygens (including phenoxy) is 1. The third-order valence-electron chi connectivity index (χ3n) is 4.07. The normalized spacial score (nSPS) is 18.0. The van der Waals surface area contributed by atoms with E-state index in [1.807, 2.05) is 17.8 Å². The lowest BCUT2D eigenvalue weighted by atomic mass is 10.1. The third kappa shape index (κ3) is 2.92. The summed E-state index contributed by atoms with van der Waals surface area (Å²) in [6.07, 6.45) is 3.53. The van der Waals surface area contributed by atoms with Gasteiger partial charge in [-0.05, 0) is 12.1 Å². The molecule has 0 spiro atoms. The van der Waals surface area contributed by atoms with E-state index in [9.17, 15) is 9.18 Å². The summed E-state index contributed by atoms with van der Waals surface area (Å²) < 4.78 is 21.1. The number of amides is 1. The lowest BCUT2D eigenvalue weighted by molar-refractivity contribution is 0.0616. The number of carbonyl (C=O) groups excluding carboxylic acids is 1. The summed E-state index contributed by atoms with van der Waals surface area (Å²) in [6, 6.07) is 4.06. The van der Waals surface area contributed by atoms with Crippen molar-refractivity contribution in [1.29, 1.82) is 0 Å². The van der Waals surface area contributed by atoms with Gasteiger partial charge in [0.25, 0.3) is 5.91 Å². The molecule has 1 aliphatic rings. The molecule has 122 valence electrons. The Balaban J connectivity index is 1.91.